The van der Waals surface area contributed by atoms with Crippen molar-refractivity contribution in [2.24, 2.45) is 0 Å². The summed E-state index contributed by atoms with van der Waals surface area (Å²) in [6, 6.07) is 12.0. The molecule has 0 radical (unpaired) electrons. The van der Waals surface area contributed by atoms with Crippen LogP contribution in [0.4, 0.5) is 0 Å². The Kier molecular flexibility index (Phi) is 3.83. The minimum absolute atomic E-state index is 0.499. The van der Waals surface area contributed by atoms with E-state index in [1.165, 1.54) is 0 Å². The Morgan fingerprint density at radius 3 is 2.70 bits per heavy atom. The minimum Gasteiger partial charge on any atom is -0.486 e. The predicted octanol–water partition coefficient (Wildman–Crippen LogP) is 4.11. The van der Waals surface area contributed by atoms with E-state index in [1.807, 2.05) is 43.3 Å². The molecular formula is C16H15BrO3. The molecule has 0 N–H and O–H groups in total. The fourth-order valence-corrected chi connectivity index (χ4v) is 2.52. The molecule has 0 saturated heterocycles. The lowest BCUT2D eigenvalue weighted by Gasteiger charge is -2.23. The number of rotatable bonds is 3. The SMILES string of the molecule is Cc1cc2c(c(OCc3ccccc3)c1Br)OCCO2. The van der Waals surface area contributed by atoms with Gasteiger partial charge in [-0.2, -0.15) is 0 Å². The van der Waals surface area contributed by atoms with Gasteiger partial charge in [-0.3, -0.25) is 0 Å². The number of benzene rings is 2. The van der Waals surface area contributed by atoms with Crippen molar-refractivity contribution >= 4 is 15.9 Å². The molecule has 0 amide bonds. The van der Waals surface area contributed by atoms with Gasteiger partial charge >= 0.3 is 0 Å². The number of hydrogen-bond acceptors (Lipinski definition) is 3. The Hall–Kier alpha value is -1.68. The maximum absolute atomic E-state index is 5.95. The highest BCUT2D eigenvalue weighted by Crippen LogP contribution is 2.46. The first-order chi connectivity index (χ1) is 9.75. The standard InChI is InChI=1S/C16H15BrO3/c1-11-9-13-15(19-8-7-18-13)16(14(11)17)20-10-12-5-3-2-4-6-12/h2-6,9H,7-8,10H2,1H3. The van der Waals surface area contributed by atoms with Crippen LogP contribution < -0.4 is 14.2 Å². The van der Waals surface area contributed by atoms with Gasteiger partial charge in [0.25, 0.3) is 0 Å². The smallest absolute Gasteiger partial charge is 0.204 e. The van der Waals surface area contributed by atoms with E-state index < -0.39 is 0 Å². The quantitative estimate of drug-likeness (QED) is 0.845. The van der Waals surface area contributed by atoms with Gasteiger partial charge in [0, 0.05) is 0 Å². The molecule has 0 aromatic heterocycles. The van der Waals surface area contributed by atoms with Crippen molar-refractivity contribution in [3.63, 3.8) is 0 Å². The number of halogens is 1. The van der Waals surface area contributed by atoms with Gasteiger partial charge in [-0.05, 0) is 40.0 Å². The first-order valence-electron chi connectivity index (χ1n) is 6.51. The van der Waals surface area contributed by atoms with Gasteiger partial charge in [0.1, 0.15) is 19.8 Å². The molecule has 0 aliphatic carbocycles. The average molecular weight is 335 g/mol. The summed E-state index contributed by atoms with van der Waals surface area (Å²) in [5, 5.41) is 0. The second-order valence-electron chi connectivity index (χ2n) is 4.64. The Bertz CT molecular complexity index is 611. The minimum atomic E-state index is 0.499. The van der Waals surface area contributed by atoms with Gasteiger partial charge < -0.3 is 14.2 Å². The molecule has 0 unspecified atom stereocenters. The first-order valence-corrected chi connectivity index (χ1v) is 7.30. The third-order valence-electron chi connectivity index (χ3n) is 3.14. The second kappa shape index (κ2) is 5.75. The van der Waals surface area contributed by atoms with Crippen molar-refractivity contribution in [1.82, 2.24) is 0 Å². The van der Waals surface area contributed by atoms with Gasteiger partial charge in [-0.15, -0.1) is 0 Å². The molecule has 0 fully saturated rings. The molecule has 0 saturated carbocycles. The molecule has 0 bridgehead atoms. The van der Waals surface area contributed by atoms with Crippen molar-refractivity contribution in [1.29, 1.82) is 0 Å². The highest BCUT2D eigenvalue weighted by atomic mass is 79.9. The zero-order valence-electron chi connectivity index (χ0n) is 11.2. The van der Waals surface area contributed by atoms with Gasteiger partial charge in [-0.1, -0.05) is 30.3 Å². The van der Waals surface area contributed by atoms with Crippen molar-refractivity contribution in [2.45, 2.75) is 13.5 Å². The summed E-state index contributed by atoms with van der Waals surface area (Å²) in [6.45, 7) is 3.63. The summed E-state index contributed by atoms with van der Waals surface area (Å²) in [4.78, 5) is 0. The predicted molar refractivity (Wildman–Crippen MR) is 80.6 cm³/mol. The van der Waals surface area contributed by atoms with Crippen LogP contribution in [-0.4, -0.2) is 13.2 Å². The molecule has 3 nitrogen and oxygen atoms in total. The Labute approximate surface area is 126 Å². The highest BCUT2D eigenvalue weighted by Gasteiger charge is 2.22. The summed E-state index contributed by atoms with van der Waals surface area (Å²) >= 11 is 3.57. The van der Waals surface area contributed by atoms with E-state index >= 15 is 0 Å². The Morgan fingerprint density at radius 2 is 1.90 bits per heavy atom. The number of ether oxygens (including phenoxy) is 3. The monoisotopic (exact) mass is 334 g/mol. The van der Waals surface area contributed by atoms with Crippen molar-refractivity contribution in [3.05, 3.63) is 52.0 Å². The zero-order chi connectivity index (χ0) is 13.9. The lowest BCUT2D eigenvalue weighted by atomic mass is 10.2. The van der Waals surface area contributed by atoms with Crippen LogP contribution >= 0.6 is 15.9 Å². The summed E-state index contributed by atoms with van der Waals surface area (Å²) < 4.78 is 18.2. The Balaban J connectivity index is 1.90. The molecule has 1 heterocycles. The molecule has 3 rings (SSSR count). The van der Waals surface area contributed by atoms with Crippen LogP contribution in [0.3, 0.4) is 0 Å². The molecular weight excluding hydrogens is 320 g/mol. The third-order valence-corrected chi connectivity index (χ3v) is 4.12. The topological polar surface area (TPSA) is 27.7 Å². The molecule has 20 heavy (non-hydrogen) atoms. The largest absolute Gasteiger partial charge is 0.486 e. The fourth-order valence-electron chi connectivity index (χ4n) is 2.11. The normalized spacial score (nSPS) is 13.1. The van der Waals surface area contributed by atoms with Gasteiger partial charge in [0.2, 0.25) is 5.75 Å². The fraction of sp³-hybridized carbons (Fsp3) is 0.250. The van der Waals surface area contributed by atoms with E-state index in [4.69, 9.17) is 14.2 Å². The Morgan fingerprint density at radius 1 is 1.15 bits per heavy atom. The number of aryl methyl sites for hydroxylation is 1. The molecule has 4 heteroatoms. The summed E-state index contributed by atoms with van der Waals surface area (Å²) in [7, 11) is 0. The summed E-state index contributed by atoms with van der Waals surface area (Å²) in [5.41, 5.74) is 2.18. The maximum atomic E-state index is 5.95. The maximum Gasteiger partial charge on any atom is 0.204 e. The molecule has 104 valence electrons. The molecule has 0 atom stereocenters. The van der Waals surface area contributed by atoms with Crippen LogP contribution in [0, 0.1) is 6.92 Å². The van der Waals surface area contributed by atoms with Gasteiger partial charge in [0.15, 0.2) is 11.5 Å². The van der Waals surface area contributed by atoms with Crippen LogP contribution in [-0.2, 0) is 6.61 Å². The van der Waals surface area contributed by atoms with Gasteiger partial charge in [-0.25, -0.2) is 0 Å². The number of hydrogen-bond donors (Lipinski definition) is 0. The van der Waals surface area contributed by atoms with Crippen LogP contribution in [0.2, 0.25) is 0 Å². The van der Waals surface area contributed by atoms with E-state index in [0.717, 1.165) is 21.3 Å². The highest BCUT2D eigenvalue weighted by molar-refractivity contribution is 9.10. The average Bonchev–Trinajstić information content (AvgIpc) is 2.49. The van der Waals surface area contributed by atoms with E-state index in [-0.39, 0.29) is 0 Å². The molecule has 2 aromatic carbocycles. The van der Waals surface area contributed by atoms with E-state index in [1.54, 1.807) is 0 Å². The molecule has 2 aromatic rings. The zero-order valence-corrected chi connectivity index (χ0v) is 12.8. The first kappa shape index (κ1) is 13.3. The second-order valence-corrected chi connectivity index (χ2v) is 5.43. The number of fused-ring (bicyclic) bond motifs is 1. The molecule has 0 spiro atoms. The van der Waals surface area contributed by atoms with Crippen LogP contribution in [0.25, 0.3) is 0 Å². The van der Waals surface area contributed by atoms with E-state index in [2.05, 4.69) is 15.9 Å². The van der Waals surface area contributed by atoms with Crippen molar-refractivity contribution in [2.75, 3.05) is 13.2 Å². The molecule has 1 aliphatic rings. The van der Waals surface area contributed by atoms with Crippen LogP contribution in [0.15, 0.2) is 40.9 Å². The van der Waals surface area contributed by atoms with Gasteiger partial charge in [0.05, 0.1) is 4.47 Å². The van der Waals surface area contributed by atoms with Crippen LogP contribution in [0.5, 0.6) is 17.2 Å². The lowest BCUT2D eigenvalue weighted by Crippen LogP contribution is -2.16. The molecule has 1 aliphatic heterocycles. The van der Waals surface area contributed by atoms with E-state index in [9.17, 15) is 0 Å². The third kappa shape index (κ3) is 2.61. The van der Waals surface area contributed by atoms with E-state index in [0.29, 0.717) is 31.3 Å². The van der Waals surface area contributed by atoms with Crippen LogP contribution in [0.1, 0.15) is 11.1 Å². The van der Waals surface area contributed by atoms with Crippen molar-refractivity contribution in [3.8, 4) is 17.2 Å². The lowest BCUT2D eigenvalue weighted by molar-refractivity contribution is 0.160. The summed E-state index contributed by atoms with van der Waals surface area (Å²) in [6.07, 6.45) is 0. The summed E-state index contributed by atoms with van der Waals surface area (Å²) in [5.74, 6) is 2.15. The van der Waals surface area contributed by atoms with Crippen molar-refractivity contribution < 1.29 is 14.2 Å².